The van der Waals surface area contributed by atoms with Crippen molar-refractivity contribution in [2.45, 2.75) is 24.9 Å². The number of carboxylic acids is 2. The molecular formula is C18H24N2O6S2. The van der Waals surface area contributed by atoms with E-state index in [1.807, 2.05) is 12.5 Å². The van der Waals surface area contributed by atoms with Crippen molar-refractivity contribution < 1.29 is 29.4 Å². The zero-order valence-corrected chi connectivity index (χ0v) is 17.3. The number of hydrogen-bond donors (Lipinski definition) is 4. The molecule has 0 unspecified atom stereocenters. The average molecular weight is 429 g/mol. The second-order valence-corrected chi connectivity index (χ2v) is 7.84. The molecule has 0 saturated carbocycles. The first kappa shape index (κ1) is 23.8. The summed E-state index contributed by atoms with van der Waals surface area (Å²) < 4.78 is 0. The van der Waals surface area contributed by atoms with Crippen LogP contribution < -0.4 is 10.6 Å². The largest absolute Gasteiger partial charge is 0.480 e. The van der Waals surface area contributed by atoms with Crippen LogP contribution in [-0.2, 0) is 9.59 Å². The highest BCUT2D eigenvalue weighted by molar-refractivity contribution is 7.98. The second-order valence-electron chi connectivity index (χ2n) is 5.87. The van der Waals surface area contributed by atoms with E-state index in [2.05, 4.69) is 10.6 Å². The van der Waals surface area contributed by atoms with Crippen LogP contribution in [0.3, 0.4) is 0 Å². The third-order valence-electron chi connectivity index (χ3n) is 3.84. The average Bonchev–Trinajstić information content (AvgIpc) is 2.67. The van der Waals surface area contributed by atoms with Gasteiger partial charge in [-0.1, -0.05) is 0 Å². The first-order valence-electron chi connectivity index (χ1n) is 8.45. The van der Waals surface area contributed by atoms with Crippen LogP contribution in [0.5, 0.6) is 0 Å². The van der Waals surface area contributed by atoms with Crippen LogP contribution in [0.15, 0.2) is 24.3 Å². The SMILES string of the molecule is CSCC[C@H](NC(=O)c1ccc(C(=O)N[C@@H](CCSC)C(=O)O)cc1)C(=O)O. The van der Waals surface area contributed by atoms with Gasteiger partial charge in [-0.25, -0.2) is 9.59 Å². The minimum Gasteiger partial charge on any atom is -0.480 e. The number of nitrogens with one attached hydrogen (secondary N) is 2. The van der Waals surface area contributed by atoms with Crippen LogP contribution in [-0.4, -0.2) is 70.1 Å². The third kappa shape index (κ3) is 7.81. The zero-order chi connectivity index (χ0) is 21.1. The molecule has 8 nitrogen and oxygen atoms in total. The highest BCUT2D eigenvalue weighted by Gasteiger charge is 2.22. The molecule has 28 heavy (non-hydrogen) atoms. The molecule has 0 radical (unpaired) electrons. The summed E-state index contributed by atoms with van der Waals surface area (Å²) in [6, 6.07) is 3.61. The predicted octanol–water partition coefficient (Wildman–Crippen LogP) is 1.56. The van der Waals surface area contributed by atoms with E-state index in [-0.39, 0.29) is 11.1 Å². The number of amides is 2. The van der Waals surface area contributed by atoms with Crippen LogP contribution in [0.1, 0.15) is 33.6 Å². The Morgan fingerprint density at radius 3 is 1.36 bits per heavy atom. The lowest BCUT2D eigenvalue weighted by molar-refractivity contribution is -0.140. The third-order valence-corrected chi connectivity index (χ3v) is 5.13. The smallest absolute Gasteiger partial charge is 0.326 e. The minimum atomic E-state index is -1.11. The number of thioether (sulfide) groups is 2. The Labute approximate surface area is 171 Å². The van der Waals surface area contributed by atoms with Gasteiger partial charge in [0.05, 0.1) is 0 Å². The Morgan fingerprint density at radius 1 is 0.786 bits per heavy atom. The van der Waals surface area contributed by atoms with Crippen molar-refractivity contribution in [1.82, 2.24) is 10.6 Å². The second kappa shape index (κ2) is 12.3. The molecule has 10 heteroatoms. The van der Waals surface area contributed by atoms with E-state index in [4.69, 9.17) is 0 Å². The topological polar surface area (TPSA) is 133 Å². The summed E-state index contributed by atoms with van der Waals surface area (Å²) in [7, 11) is 0. The lowest BCUT2D eigenvalue weighted by atomic mass is 10.1. The molecule has 0 aliphatic rings. The van der Waals surface area contributed by atoms with Crippen LogP contribution in [0.4, 0.5) is 0 Å². The summed E-state index contributed by atoms with van der Waals surface area (Å²) in [5.41, 5.74) is 0.424. The van der Waals surface area contributed by atoms with E-state index in [1.54, 1.807) is 0 Å². The Morgan fingerprint density at radius 2 is 1.11 bits per heavy atom. The lowest BCUT2D eigenvalue weighted by Gasteiger charge is -2.15. The molecule has 1 aromatic carbocycles. The molecule has 2 atom stereocenters. The quantitative estimate of drug-likeness (QED) is 0.394. The fraction of sp³-hybridized carbons (Fsp3) is 0.444. The molecule has 0 fully saturated rings. The Balaban J connectivity index is 2.75. The molecule has 0 heterocycles. The zero-order valence-electron chi connectivity index (χ0n) is 15.6. The van der Waals surface area contributed by atoms with Gasteiger partial charge < -0.3 is 20.8 Å². The Kier molecular flexibility index (Phi) is 10.5. The van der Waals surface area contributed by atoms with Crippen LogP contribution >= 0.6 is 23.5 Å². The standard InChI is InChI=1S/C18H24N2O6S2/c1-27-9-7-13(17(23)24)19-15(21)11-3-5-12(6-4-11)16(22)20-14(18(25)26)8-10-28-2/h3-6,13-14H,7-10H2,1-2H3,(H,19,21)(H,20,22)(H,23,24)(H,25,26)/t13-,14-/m0/s1. The molecule has 0 aliphatic carbocycles. The molecular weight excluding hydrogens is 404 g/mol. The monoisotopic (exact) mass is 428 g/mol. The van der Waals surface area contributed by atoms with Gasteiger partial charge in [-0.3, -0.25) is 9.59 Å². The highest BCUT2D eigenvalue weighted by atomic mass is 32.2. The van der Waals surface area contributed by atoms with Gasteiger partial charge in [0.15, 0.2) is 0 Å². The van der Waals surface area contributed by atoms with Gasteiger partial charge in [0.1, 0.15) is 12.1 Å². The number of carboxylic acid groups (broad SMARTS) is 2. The van der Waals surface area contributed by atoms with Gasteiger partial charge >= 0.3 is 11.9 Å². The van der Waals surface area contributed by atoms with E-state index in [0.29, 0.717) is 24.3 Å². The lowest BCUT2D eigenvalue weighted by Crippen LogP contribution is -2.41. The van der Waals surface area contributed by atoms with Crippen LogP contribution in [0.2, 0.25) is 0 Å². The Hall–Kier alpha value is -2.20. The summed E-state index contributed by atoms with van der Waals surface area (Å²) in [5.74, 6) is -2.13. The maximum atomic E-state index is 12.2. The van der Waals surface area contributed by atoms with Gasteiger partial charge in [0, 0.05) is 11.1 Å². The molecule has 0 spiro atoms. The van der Waals surface area contributed by atoms with Crippen LogP contribution in [0.25, 0.3) is 0 Å². The fourth-order valence-corrected chi connectivity index (χ4v) is 3.19. The van der Waals surface area contributed by atoms with Crippen molar-refractivity contribution in [3.05, 3.63) is 35.4 Å². The van der Waals surface area contributed by atoms with Crippen LogP contribution in [0, 0.1) is 0 Å². The Bertz CT molecular complexity index is 637. The van der Waals surface area contributed by atoms with E-state index in [1.165, 1.54) is 47.8 Å². The van der Waals surface area contributed by atoms with Gasteiger partial charge in [-0.15, -0.1) is 0 Å². The van der Waals surface area contributed by atoms with Crippen molar-refractivity contribution in [2.24, 2.45) is 0 Å². The fourth-order valence-electron chi connectivity index (χ4n) is 2.24. The minimum absolute atomic E-state index is 0.212. The van der Waals surface area contributed by atoms with E-state index in [0.717, 1.165) is 0 Å². The summed E-state index contributed by atoms with van der Waals surface area (Å²) in [6.45, 7) is 0. The number of carbonyl (C=O) groups excluding carboxylic acids is 2. The molecule has 1 aromatic rings. The van der Waals surface area contributed by atoms with Gasteiger partial charge in [-0.05, 0) is 61.1 Å². The van der Waals surface area contributed by atoms with E-state index >= 15 is 0 Å². The normalized spacial score (nSPS) is 12.6. The highest BCUT2D eigenvalue weighted by Crippen LogP contribution is 2.08. The maximum Gasteiger partial charge on any atom is 0.326 e. The molecule has 0 aliphatic heterocycles. The summed E-state index contributed by atoms with van der Waals surface area (Å²) >= 11 is 2.97. The number of carbonyl (C=O) groups is 4. The van der Waals surface area contributed by atoms with E-state index < -0.39 is 35.8 Å². The van der Waals surface area contributed by atoms with E-state index in [9.17, 15) is 29.4 Å². The van der Waals surface area contributed by atoms with Crippen molar-refractivity contribution in [2.75, 3.05) is 24.0 Å². The number of hydrogen-bond acceptors (Lipinski definition) is 6. The molecule has 0 bridgehead atoms. The molecule has 0 aromatic heterocycles. The van der Waals surface area contributed by atoms with Crippen molar-refractivity contribution in [3.63, 3.8) is 0 Å². The number of aliphatic carboxylic acids is 2. The molecule has 1 rings (SSSR count). The van der Waals surface area contributed by atoms with Crippen molar-refractivity contribution in [1.29, 1.82) is 0 Å². The molecule has 4 N–H and O–H groups in total. The van der Waals surface area contributed by atoms with Gasteiger partial charge in [0.2, 0.25) is 0 Å². The van der Waals surface area contributed by atoms with Gasteiger partial charge in [-0.2, -0.15) is 23.5 Å². The first-order valence-corrected chi connectivity index (χ1v) is 11.2. The van der Waals surface area contributed by atoms with Crippen molar-refractivity contribution in [3.8, 4) is 0 Å². The maximum absolute atomic E-state index is 12.2. The van der Waals surface area contributed by atoms with Crippen molar-refractivity contribution >= 4 is 47.3 Å². The molecule has 154 valence electrons. The summed E-state index contributed by atoms with van der Waals surface area (Å²) in [4.78, 5) is 46.9. The number of rotatable bonds is 12. The predicted molar refractivity (Wildman–Crippen MR) is 110 cm³/mol. The summed E-state index contributed by atoms with van der Waals surface area (Å²) in [6.07, 6.45) is 4.30. The molecule has 2 amide bonds. The first-order chi connectivity index (χ1) is 13.3. The number of benzene rings is 1. The molecule has 0 saturated heterocycles. The summed E-state index contributed by atoms with van der Waals surface area (Å²) in [5, 5.41) is 23.3. The van der Waals surface area contributed by atoms with Gasteiger partial charge in [0.25, 0.3) is 11.8 Å².